The van der Waals surface area contributed by atoms with Crippen molar-refractivity contribution in [3.05, 3.63) is 48.8 Å². The topological polar surface area (TPSA) is 51.5 Å². The zero-order valence-electron chi connectivity index (χ0n) is 13.0. The zero-order chi connectivity index (χ0) is 15.5. The van der Waals surface area contributed by atoms with E-state index in [4.69, 9.17) is 9.72 Å². The molecule has 0 unspecified atom stereocenters. The van der Waals surface area contributed by atoms with Crippen molar-refractivity contribution < 1.29 is 4.74 Å². The molecule has 1 aromatic carbocycles. The smallest absolute Gasteiger partial charge is 0.240 e. The van der Waals surface area contributed by atoms with Gasteiger partial charge in [0.05, 0.1) is 18.1 Å². The third-order valence-electron chi connectivity index (χ3n) is 4.23. The van der Waals surface area contributed by atoms with E-state index >= 15 is 0 Å². The predicted octanol–water partition coefficient (Wildman–Crippen LogP) is 2.92. The van der Waals surface area contributed by atoms with Gasteiger partial charge in [-0.05, 0) is 38.4 Å². The fourth-order valence-corrected chi connectivity index (χ4v) is 3.00. The summed E-state index contributed by atoms with van der Waals surface area (Å²) in [5.74, 6) is 0.677. The second-order valence-electron chi connectivity index (χ2n) is 5.88. The lowest BCUT2D eigenvalue weighted by Crippen LogP contribution is -2.20. The predicted molar refractivity (Wildman–Crippen MR) is 89.6 cm³/mol. The van der Waals surface area contributed by atoms with Crippen molar-refractivity contribution in [1.82, 2.24) is 19.9 Å². The molecule has 3 aromatic rings. The van der Waals surface area contributed by atoms with Crippen LogP contribution in [0.25, 0.3) is 16.8 Å². The lowest BCUT2D eigenvalue weighted by Gasteiger charge is -2.17. The first-order chi connectivity index (χ1) is 11.4. The van der Waals surface area contributed by atoms with Crippen LogP contribution < -0.4 is 10.1 Å². The molecule has 1 saturated heterocycles. The van der Waals surface area contributed by atoms with Gasteiger partial charge in [0.1, 0.15) is 11.6 Å². The van der Waals surface area contributed by atoms with E-state index < -0.39 is 0 Å². The molecule has 0 saturated carbocycles. The zero-order valence-corrected chi connectivity index (χ0v) is 13.0. The molecule has 5 nitrogen and oxygen atoms in total. The molecular weight excluding hydrogens is 288 g/mol. The highest BCUT2D eigenvalue weighted by atomic mass is 16.5. The molecule has 5 heteroatoms. The molecule has 0 amide bonds. The van der Waals surface area contributed by atoms with Crippen LogP contribution in [-0.2, 0) is 0 Å². The Labute approximate surface area is 135 Å². The molecule has 0 aliphatic carbocycles. The normalized spacial score (nSPS) is 18.7. The molecular formula is C18H20N4O. The van der Waals surface area contributed by atoms with Gasteiger partial charge in [-0.25, -0.2) is 9.50 Å². The molecule has 0 radical (unpaired) electrons. The highest BCUT2D eigenvalue weighted by molar-refractivity contribution is 5.64. The highest BCUT2D eigenvalue weighted by Crippen LogP contribution is 2.25. The fraction of sp³-hybridized carbons (Fsp3) is 0.333. The van der Waals surface area contributed by atoms with Gasteiger partial charge in [0.25, 0.3) is 0 Å². The van der Waals surface area contributed by atoms with Crippen molar-refractivity contribution >= 4 is 5.52 Å². The van der Waals surface area contributed by atoms with E-state index in [1.807, 2.05) is 35.0 Å². The molecule has 1 N–H and O–H groups in total. The Morgan fingerprint density at radius 1 is 1.09 bits per heavy atom. The summed E-state index contributed by atoms with van der Waals surface area (Å²) >= 11 is 0. The number of nitrogens with zero attached hydrogens (tertiary/aromatic N) is 3. The van der Waals surface area contributed by atoms with Crippen LogP contribution in [0, 0.1) is 0 Å². The first kappa shape index (κ1) is 14.2. The van der Waals surface area contributed by atoms with E-state index in [-0.39, 0.29) is 6.10 Å². The second-order valence-corrected chi connectivity index (χ2v) is 5.88. The Bertz CT molecular complexity index is 776. The summed E-state index contributed by atoms with van der Waals surface area (Å²) in [6, 6.07) is 12.1. The second kappa shape index (κ2) is 6.38. The third-order valence-corrected chi connectivity index (χ3v) is 4.23. The lowest BCUT2D eigenvalue weighted by molar-refractivity contribution is 0.182. The largest absolute Gasteiger partial charge is 0.473 e. The van der Waals surface area contributed by atoms with Crippen molar-refractivity contribution in [3.63, 3.8) is 0 Å². The standard InChI is InChI=1S/C18H20N4O/c1-2-5-14(6-3-1)16-13-22-17(9-12-20-22)18(21-16)23-15-7-4-10-19-11-8-15/h1-3,5-6,9,12-13,15,19H,4,7-8,10-11H2/t15-/m1/s1. The Morgan fingerprint density at radius 2 is 2.00 bits per heavy atom. The van der Waals surface area contributed by atoms with Crippen LogP contribution in [0.5, 0.6) is 5.88 Å². The van der Waals surface area contributed by atoms with Crippen LogP contribution in [0.3, 0.4) is 0 Å². The summed E-state index contributed by atoms with van der Waals surface area (Å²) in [6.45, 7) is 2.07. The van der Waals surface area contributed by atoms with E-state index in [9.17, 15) is 0 Å². The van der Waals surface area contributed by atoms with E-state index in [0.29, 0.717) is 5.88 Å². The van der Waals surface area contributed by atoms with E-state index in [1.165, 1.54) is 0 Å². The van der Waals surface area contributed by atoms with Crippen LogP contribution in [-0.4, -0.2) is 33.8 Å². The summed E-state index contributed by atoms with van der Waals surface area (Å²) in [5.41, 5.74) is 2.86. The minimum absolute atomic E-state index is 0.210. The average molecular weight is 308 g/mol. The van der Waals surface area contributed by atoms with Gasteiger partial charge >= 0.3 is 0 Å². The number of hydrogen-bond acceptors (Lipinski definition) is 4. The minimum Gasteiger partial charge on any atom is -0.473 e. The number of aromatic nitrogens is 3. The molecule has 4 rings (SSSR count). The van der Waals surface area contributed by atoms with Gasteiger partial charge in [-0.1, -0.05) is 30.3 Å². The van der Waals surface area contributed by atoms with Gasteiger partial charge in [0.15, 0.2) is 0 Å². The number of benzene rings is 1. The summed E-state index contributed by atoms with van der Waals surface area (Å²) in [4.78, 5) is 4.76. The fourth-order valence-electron chi connectivity index (χ4n) is 3.00. The summed E-state index contributed by atoms with van der Waals surface area (Å²) < 4.78 is 8.10. The lowest BCUT2D eigenvalue weighted by atomic mass is 10.1. The molecule has 3 heterocycles. The van der Waals surface area contributed by atoms with Crippen molar-refractivity contribution in [2.24, 2.45) is 0 Å². The maximum atomic E-state index is 6.26. The van der Waals surface area contributed by atoms with Crippen LogP contribution >= 0.6 is 0 Å². The van der Waals surface area contributed by atoms with Crippen LogP contribution in [0.4, 0.5) is 0 Å². The SMILES string of the molecule is c1ccc(-c2cn3nccc3c(O[C@@H]3CCCNCC3)n2)cc1. The van der Waals surface area contributed by atoms with Gasteiger partial charge < -0.3 is 10.1 Å². The first-order valence-electron chi connectivity index (χ1n) is 8.17. The average Bonchev–Trinajstić information content (AvgIpc) is 2.93. The quantitative estimate of drug-likeness (QED) is 0.808. The number of rotatable bonds is 3. The third kappa shape index (κ3) is 3.05. The minimum atomic E-state index is 0.210. The molecule has 23 heavy (non-hydrogen) atoms. The van der Waals surface area contributed by atoms with E-state index in [1.54, 1.807) is 6.20 Å². The monoisotopic (exact) mass is 308 g/mol. The van der Waals surface area contributed by atoms with Crippen LogP contribution in [0.2, 0.25) is 0 Å². The highest BCUT2D eigenvalue weighted by Gasteiger charge is 2.17. The first-order valence-corrected chi connectivity index (χ1v) is 8.17. The number of nitrogens with one attached hydrogen (secondary N) is 1. The molecule has 2 aromatic heterocycles. The molecule has 1 aliphatic heterocycles. The van der Waals surface area contributed by atoms with Crippen molar-refractivity contribution in [1.29, 1.82) is 0 Å². The summed E-state index contributed by atoms with van der Waals surface area (Å²) in [7, 11) is 0. The van der Waals surface area contributed by atoms with Gasteiger partial charge in [-0.15, -0.1) is 0 Å². The molecule has 1 aliphatic rings. The van der Waals surface area contributed by atoms with Crippen molar-refractivity contribution in [2.45, 2.75) is 25.4 Å². The maximum Gasteiger partial charge on any atom is 0.240 e. The Kier molecular flexibility index (Phi) is 3.94. The van der Waals surface area contributed by atoms with E-state index in [0.717, 1.165) is 49.1 Å². The summed E-state index contributed by atoms with van der Waals surface area (Å²) in [5, 5.41) is 7.78. The molecule has 0 bridgehead atoms. The number of hydrogen-bond donors (Lipinski definition) is 1. The molecule has 1 atom stereocenters. The Balaban J connectivity index is 1.71. The van der Waals surface area contributed by atoms with Crippen molar-refractivity contribution in [3.8, 4) is 17.1 Å². The number of ether oxygens (including phenoxy) is 1. The molecule has 0 spiro atoms. The molecule has 118 valence electrons. The van der Waals surface area contributed by atoms with Gasteiger partial charge in [0.2, 0.25) is 5.88 Å². The van der Waals surface area contributed by atoms with Gasteiger partial charge in [0, 0.05) is 5.56 Å². The number of fused-ring (bicyclic) bond motifs is 1. The van der Waals surface area contributed by atoms with Gasteiger partial charge in [-0.2, -0.15) is 5.10 Å². The summed E-state index contributed by atoms with van der Waals surface area (Å²) in [6.07, 6.45) is 7.15. The van der Waals surface area contributed by atoms with Gasteiger partial charge in [-0.3, -0.25) is 0 Å². The maximum absolute atomic E-state index is 6.26. The van der Waals surface area contributed by atoms with Crippen LogP contribution in [0.15, 0.2) is 48.8 Å². The van der Waals surface area contributed by atoms with Crippen molar-refractivity contribution in [2.75, 3.05) is 13.1 Å². The van der Waals surface area contributed by atoms with E-state index in [2.05, 4.69) is 22.5 Å². The Morgan fingerprint density at radius 3 is 2.91 bits per heavy atom. The Hall–Kier alpha value is -2.40. The molecule has 1 fully saturated rings. The van der Waals surface area contributed by atoms with Crippen LogP contribution in [0.1, 0.15) is 19.3 Å².